The molecule has 1 atom stereocenters. The number of aromatic nitrogens is 1. The number of hydrogen-bond donors (Lipinski definition) is 1. The van der Waals surface area contributed by atoms with Crippen LogP contribution in [0.1, 0.15) is 36.1 Å². The van der Waals surface area contributed by atoms with E-state index in [1.54, 1.807) is 0 Å². The molecule has 0 spiro atoms. The molecule has 18 heavy (non-hydrogen) atoms. The van der Waals surface area contributed by atoms with Gasteiger partial charge in [-0.25, -0.2) is 0 Å². The third kappa shape index (κ3) is 1.66. The molecule has 0 saturated carbocycles. The van der Waals surface area contributed by atoms with Gasteiger partial charge in [-0.05, 0) is 42.3 Å². The number of rotatable bonds is 2. The molecule has 0 saturated heterocycles. The molecule has 1 unspecified atom stereocenters. The van der Waals surface area contributed by atoms with Gasteiger partial charge in [0.15, 0.2) is 0 Å². The van der Waals surface area contributed by atoms with Crippen molar-refractivity contribution in [1.82, 2.24) is 9.47 Å². The summed E-state index contributed by atoms with van der Waals surface area (Å²) in [5.74, 6) is 0. The number of benzene rings is 1. The standard InChI is InChI=1S/C15H21N3/c1-4-14(16)13-9-18(3)15-6-11-8-17(2)7-10(11)5-12(13)15/h5-6,9,14H,4,7-8,16H2,1-3H3. The molecular formula is C15H21N3. The zero-order chi connectivity index (χ0) is 12.9. The van der Waals surface area contributed by atoms with Crippen molar-refractivity contribution < 1.29 is 0 Å². The third-order valence-electron chi connectivity index (χ3n) is 4.06. The molecule has 2 heterocycles. The number of nitrogens with zero attached hydrogens (tertiary/aromatic N) is 2. The molecule has 0 bridgehead atoms. The van der Waals surface area contributed by atoms with Gasteiger partial charge in [-0.3, -0.25) is 4.90 Å². The van der Waals surface area contributed by atoms with Crippen molar-refractivity contribution in [2.24, 2.45) is 12.8 Å². The second-order valence-electron chi connectivity index (χ2n) is 5.52. The lowest BCUT2D eigenvalue weighted by Gasteiger charge is -2.07. The van der Waals surface area contributed by atoms with Crippen molar-refractivity contribution in [3.63, 3.8) is 0 Å². The maximum Gasteiger partial charge on any atom is 0.0484 e. The lowest BCUT2D eigenvalue weighted by atomic mass is 10.0. The number of fused-ring (bicyclic) bond motifs is 2. The normalized spacial score (nSPS) is 17.3. The molecule has 0 amide bonds. The number of nitrogens with two attached hydrogens (primary N) is 1. The first-order valence-corrected chi connectivity index (χ1v) is 6.65. The van der Waals surface area contributed by atoms with Gasteiger partial charge in [-0.15, -0.1) is 0 Å². The first-order valence-electron chi connectivity index (χ1n) is 6.65. The highest BCUT2D eigenvalue weighted by molar-refractivity contribution is 5.86. The quantitative estimate of drug-likeness (QED) is 0.879. The minimum Gasteiger partial charge on any atom is -0.350 e. The second kappa shape index (κ2) is 4.11. The number of hydrogen-bond acceptors (Lipinski definition) is 2. The Morgan fingerprint density at radius 1 is 1.22 bits per heavy atom. The first-order chi connectivity index (χ1) is 8.60. The van der Waals surface area contributed by atoms with Crippen LogP contribution in [0, 0.1) is 0 Å². The zero-order valence-corrected chi connectivity index (χ0v) is 11.4. The van der Waals surface area contributed by atoms with E-state index in [2.05, 4.69) is 48.8 Å². The van der Waals surface area contributed by atoms with E-state index in [1.165, 1.54) is 27.6 Å². The zero-order valence-electron chi connectivity index (χ0n) is 11.4. The van der Waals surface area contributed by atoms with Crippen LogP contribution in [0.2, 0.25) is 0 Å². The molecule has 1 aliphatic heterocycles. The largest absolute Gasteiger partial charge is 0.350 e. The van der Waals surface area contributed by atoms with Crippen LogP contribution < -0.4 is 5.73 Å². The Labute approximate surface area is 108 Å². The maximum atomic E-state index is 6.22. The summed E-state index contributed by atoms with van der Waals surface area (Å²) in [5.41, 5.74) is 11.7. The van der Waals surface area contributed by atoms with E-state index < -0.39 is 0 Å². The van der Waals surface area contributed by atoms with Gasteiger partial charge in [0.05, 0.1) is 0 Å². The Hall–Kier alpha value is -1.32. The van der Waals surface area contributed by atoms with Gasteiger partial charge < -0.3 is 10.3 Å². The Balaban J connectivity index is 2.21. The molecule has 3 nitrogen and oxygen atoms in total. The van der Waals surface area contributed by atoms with Gasteiger partial charge in [0.25, 0.3) is 0 Å². The van der Waals surface area contributed by atoms with Crippen molar-refractivity contribution in [1.29, 1.82) is 0 Å². The van der Waals surface area contributed by atoms with Gasteiger partial charge in [0, 0.05) is 43.3 Å². The van der Waals surface area contributed by atoms with Gasteiger partial charge in [0.2, 0.25) is 0 Å². The average molecular weight is 243 g/mol. The van der Waals surface area contributed by atoms with E-state index in [-0.39, 0.29) is 6.04 Å². The summed E-state index contributed by atoms with van der Waals surface area (Å²) < 4.78 is 2.21. The fourth-order valence-corrected chi connectivity index (χ4v) is 2.99. The van der Waals surface area contributed by atoms with Crippen LogP contribution in [-0.2, 0) is 20.1 Å². The average Bonchev–Trinajstić information content (AvgIpc) is 2.85. The lowest BCUT2D eigenvalue weighted by molar-refractivity contribution is 0.353. The van der Waals surface area contributed by atoms with Gasteiger partial charge in [-0.2, -0.15) is 0 Å². The molecule has 96 valence electrons. The van der Waals surface area contributed by atoms with E-state index >= 15 is 0 Å². The summed E-state index contributed by atoms with van der Waals surface area (Å²) in [5, 5.41) is 1.33. The Kier molecular flexibility index (Phi) is 2.68. The van der Waals surface area contributed by atoms with E-state index in [4.69, 9.17) is 5.73 Å². The summed E-state index contributed by atoms with van der Waals surface area (Å²) in [6.07, 6.45) is 3.17. The van der Waals surface area contributed by atoms with Crippen molar-refractivity contribution in [3.8, 4) is 0 Å². The van der Waals surface area contributed by atoms with E-state index in [0.29, 0.717) is 0 Å². The van der Waals surface area contributed by atoms with Crippen molar-refractivity contribution in [3.05, 3.63) is 35.0 Å². The van der Waals surface area contributed by atoms with Gasteiger partial charge in [-0.1, -0.05) is 6.92 Å². The lowest BCUT2D eigenvalue weighted by Crippen LogP contribution is -2.08. The van der Waals surface area contributed by atoms with Crippen LogP contribution in [0.15, 0.2) is 18.3 Å². The molecule has 2 N–H and O–H groups in total. The fourth-order valence-electron chi connectivity index (χ4n) is 2.99. The highest BCUT2D eigenvalue weighted by atomic mass is 15.1. The van der Waals surface area contributed by atoms with Crippen LogP contribution in [-0.4, -0.2) is 16.5 Å². The molecule has 0 aliphatic carbocycles. The predicted molar refractivity (Wildman–Crippen MR) is 75.3 cm³/mol. The SMILES string of the molecule is CCC(N)c1cn(C)c2cc3c(cc12)CN(C)C3. The molecule has 1 aromatic heterocycles. The minimum absolute atomic E-state index is 0.144. The molecule has 0 fully saturated rings. The highest BCUT2D eigenvalue weighted by Gasteiger charge is 2.19. The minimum atomic E-state index is 0.144. The molecule has 2 aromatic rings. The topological polar surface area (TPSA) is 34.2 Å². The number of aryl methyl sites for hydroxylation is 1. The molecule has 3 rings (SSSR count). The van der Waals surface area contributed by atoms with Crippen LogP contribution in [0.5, 0.6) is 0 Å². The maximum absolute atomic E-state index is 6.22. The van der Waals surface area contributed by atoms with E-state index in [9.17, 15) is 0 Å². The summed E-state index contributed by atoms with van der Waals surface area (Å²) in [6, 6.07) is 4.82. The monoisotopic (exact) mass is 243 g/mol. The molecule has 1 aliphatic rings. The van der Waals surface area contributed by atoms with Crippen LogP contribution in [0.3, 0.4) is 0 Å². The van der Waals surface area contributed by atoms with E-state index in [0.717, 1.165) is 19.5 Å². The summed E-state index contributed by atoms with van der Waals surface area (Å²) in [7, 11) is 4.28. The van der Waals surface area contributed by atoms with Crippen molar-refractivity contribution in [2.75, 3.05) is 7.05 Å². The van der Waals surface area contributed by atoms with E-state index in [1.807, 2.05) is 0 Å². The first kappa shape index (κ1) is 11.8. The fraction of sp³-hybridized carbons (Fsp3) is 0.467. The van der Waals surface area contributed by atoms with Crippen molar-refractivity contribution in [2.45, 2.75) is 32.5 Å². The Morgan fingerprint density at radius 3 is 2.56 bits per heavy atom. The Bertz CT molecular complexity index is 597. The third-order valence-corrected chi connectivity index (χ3v) is 4.06. The Morgan fingerprint density at radius 2 is 1.89 bits per heavy atom. The molecule has 3 heteroatoms. The van der Waals surface area contributed by atoms with Crippen molar-refractivity contribution >= 4 is 10.9 Å². The van der Waals surface area contributed by atoms with Gasteiger partial charge in [0.1, 0.15) is 0 Å². The van der Waals surface area contributed by atoms with Crippen LogP contribution in [0.25, 0.3) is 10.9 Å². The molecule has 1 aromatic carbocycles. The highest BCUT2D eigenvalue weighted by Crippen LogP contribution is 2.32. The molecular weight excluding hydrogens is 222 g/mol. The predicted octanol–water partition coefficient (Wildman–Crippen LogP) is 2.53. The van der Waals surface area contributed by atoms with Crippen LogP contribution >= 0.6 is 0 Å². The second-order valence-corrected chi connectivity index (χ2v) is 5.52. The van der Waals surface area contributed by atoms with Crippen LogP contribution in [0.4, 0.5) is 0 Å². The summed E-state index contributed by atoms with van der Waals surface area (Å²) >= 11 is 0. The smallest absolute Gasteiger partial charge is 0.0484 e. The summed E-state index contributed by atoms with van der Waals surface area (Å²) in [4.78, 5) is 2.35. The van der Waals surface area contributed by atoms with Gasteiger partial charge >= 0.3 is 0 Å². The summed E-state index contributed by atoms with van der Waals surface area (Å²) in [6.45, 7) is 4.26. The molecule has 0 radical (unpaired) electrons.